The first-order chi connectivity index (χ1) is 11.1. The van der Waals surface area contributed by atoms with Gasteiger partial charge in [-0.3, -0.25) is 9.59 Å². The van der Waals surface area contributed by atoms with E-state index in [-0.39, 0.29) is 23.0 Å². The maximum atomic E-state index is 13.1. The number of aliphatic carboxylic acids is 1. The lowest BCUT2D eigenvalue weighted by Crippen LogP contribution is -2.60. The van der Waals surface area contributed by atoms with Gasteiger partial charge < -0.3 is 10.2 Å². The Bertz CT molecular complexity index is 654. The van der Waals surface area contributed by atoms with Crippen LogP contribution in [0, 0.1) is 28.1 Å². The van der Waals surface area contributed by atoms with Crippen molar-refractivity contribution in [3.63, 3.8) is 0 Å². The summed E-state index contributed by atoms with van der Waals surface area (Å²) in [6, 6.07) is 0. The van der Waals surface area contributed by atoms with E-state index >= 15 is 0 Å². The van der Waals surface area contributed by atoms with Crippen molar-refractivity contribution in [2.75, 3.05) is 0 Å². The summed E-state index contributed by atoms with van der Waals surface area (Å²) in [4.78, 5) is 25.1. The van der Waals surface area contributed by atoms with E-state index in [2.05, 4.69) is 13.5 Å². The standard InChI is InChI=1S/C20H28O4/c1-12-15(21)19-9-5-13-17(2,7-4-8-18(13,3)16(22)23)14(19)6-10-20(12,24)11-19/h13-14,24H,1,4-11H2,2-3H3,(H,22,23)/t13?,14?,17-,18+,19-,20+/m0/s1. The highest BCUT2D eigenvalue weighted by atomic mass is 16.4. The SMILES string of the molecule is C=C1C(=O)[C@]23CCC4[C@](C)(CCC[C@@]4(C)C(=O)O)C2CC[C@@]1(O)C3. The second-order valence-electron chi connectivity index (χ2n) is 9.44. The van der Waals surface area contributed by atoms with E-state index in [1.54, 1.807) is 0 Å². The fourth-order valence-corrected chi connectivity index (χ4v) is 7.37. The zero-order valence-electron chi connectivity index (χ0n) is 14.7. The lowest BCUT2D eigenvalue weighted by Gasteiger charge is -2.62. The fraction of sp³-hybridized carbons (Fsp3) is 0.800. The molecule has 0 heterocycles. The fourth-order valence-electron chi connectivity index (χ4n) is 7.37. The summed E-state index contributed by atoms with van der Waals surface area (Å²) in [5.74, 6) is -0.340. The molecule has 0 aromatic carbocycles. The molecule has 4 aliphatic rings. The molecule has 132 valence electrons. The normalized spacial score (nSPS) is 53.5. The second-order valence-corrected chi connectivity index (χ2v) is 9.44. The first-order valence-corrected chi connectivity index (χ1v) is 9.30. The Hall–Kier alpha value is -1.16. The van der Waals surface area contributed by atoms with Gasteiger partial charge in [0.2, 0.25) is 0 Å². The van der Waals surface area contributed by atoms with Crippen LogP contribution in [-0.4, -0.2) is 27.6 Å². The molecule has 0 amide bonds. The summed E-state index contributed by atoms with van der Waals surface area (Å²) in [5, 5.41) is 20.7. The number of carbonyl (C=O) groups is 2. The van der Waals surface area contributed by atoms with Crippen molar-refractivity contribution in [2.24, 2.45) is 28.1 Å². The number of rotatable bonds is 1. The number of carboxylic acids is 1. The number of ketones is 1. The molecule has 6 atom stereocenters. The number of Topliss-reactive ketones (excluding diaryl/α,β-unsaturated/α-hetero) is 1. The van der Waals surface area contributed by atoms with Crippen molar-refractivity contribution in [1.82, 2.24) is 0 Å². The minimum atomic E-state index is -1.01. The van der Waals surface area contributed by atoms with Crippen molar-refractivity contribution < 1.29 is 19.8 Å². The molecule has 0 aliphatic heterocycles. The van der Waals surface area contributed by atoms with Gasteiger partial charge in [0.25, 0.3) is 0 Å². The van der Waals surface area contributed by atoms with Gasteiger partial charge in [-0.25, -0.2) is 0 Å². The van der Waals surface area contributed by atoms with Gasteiger partial charge in [-0.05, 0) is 69.1 Å². The molecule has 2 N–H and O–H groups in total. The molecule has 24 heavy (non-hydrogen) atoms. The van der Waals surface area contributed by atoms with Gasteiger partial charge in [0, 0.05) is 11.0 Å². The topological polar surface area (TPSA) is 74.6 Å². The molecule has 4 nitrogen and oxygen atoms in total. The zero-order chi connectivity index (χ0) is 17.5. The predicted molar refractivity (Wildman–Crippen MR) is 89.3 cm³/mol. The van der Waals surface area contributed by atoms with Crippen LogP contribution in [0.5, 0.6) is 0 Å². The quantitative estimate of drug-likeness (QED) is 0.722. The van der Waals surface area contributed by atoms with E-state index in [0.29, 0.717) is 24.8 Å². The van der Waals surface area contributed by atoms with Crippen molar-refractivity contribution >= 4 is 11.8 Å². The number of carbonyl (C=O) groups excluding carboxylic acids is 1. The molecular weight excluding hydrogens is 304 g/mol. The minimum absolute atomic E-state index is 0.0646. The summed E-state index contributed by atoms with van der Waals surface area (Å²) < 4.78 is 0. The average molecular weight is 332 g/mol. The number of hydrogen-bond acceptors (Lipinski definition) is 3. The number of carboxylic acid groups (broad SMARTS) is 1. The van der Waals surface area contributed by atoms with Crippen LogP contribution in [0.4, 0.5) is 0 Å². The van der Waals surface area contributed by atoms with Gasteiger partial charge in [0.15, 0.2) is 5.78 Å². The summed E-state index contributed by atoms with van der Waals surface area (Å²) in [6.07, 6.45) is 6.01. The largest absolute Gasteiger partial charge is 0.481 e. The predicted octanol–water partition coefficient (Wildman–Crippen LogP) is 3.33. The first kappa shape index (κ1) is 16.3. The molecule has 4 heteroatoms. The summed E-state index contributed by atoms with van der Waals surface area (Å²) >= 11 is 0. The van der Waals surface area contributed by atoms with E-state index in [1.165, 1.54) is 0 Å². The number of aliphatic hydroxyl groups is 1. The molecular formula is C20H28O4. The van der Waals surface area contributed by atoms with E-state index in [9.17, 15) is 19.8 Å². The third-order valence-electron chi connectivity index (χ3n) is 8.55. The second kappa shape index (κ2) is 4.51. The van der Waals surface area contributed by atoms with Crippen LogP contribution in [0.3, 0.4) is 0 Å². The third kappa shape index (κ3) is 1.63. The van der Waals surface area contributed by atoms with E-state index in [1.807, 2.05) is 6.92 Å². The molecule has 0 aromatic heterocycles. The number of hydrogen-bond donors (Lipinski definition) is 2. The molecule has 4 aliphatic carbocycles. The van der Waals surface area contributed by atoms with Crippen molar-refractivity contribution in [3.05, 3.63) is 12.2 Å². The van der Waals surface area contributed by atoms with Crippen LogP contribution in [-0.2, 0) is 9.59 Å². The van der Waals surface area contributed by atoms with Gasteiger partial charge in [-0.15, -0.1) is 0 Å². The zero-order valence-corrected chi connectivity index (χ0v) is 14.7. The first-order valence-electron chi connectivity index (χ1n) is 9.30. The molecule has 4 rings (SSSR count). The monoisotopic (exact) mass is 332 g/mol. The van der Waals surface area contributed by atoms with Crippen LogP contribution in [0.25, 0.3) is 0 Å². The molecule has 0 radical (unpaired) electrons. The van der Waals surface area contributed by atoms with Gasteiger partial charge >= 0.3 is 5.97 Å². The molecule has 2 unspecified atom stereocenters. The molecule has 4 fully saturated rings. The Balaban J connectivity index is 1.80. The van der Waals surface area contributed by atoms with Crippen LogP contribution in [0.15, 0.2) is 12.2 Å². The van der Waals surface area contributed by atoms with E-state index in [4.69, 9.17) is 0 Å². The highest BCUT2D eigenvalue weighted by Gasteiger charge is 2.70. The summed E-state index contributed by atoms with van der Waals surface area (Å²) in [6.45, 7) is 8.06. The molecule has 0 saturated heterocycles. The van der Waals surface area contributed by atoms with Crippen molar-refractivity contribution in [2.45, 2.75) is 70.8 Å². The molecule has 1 spiro atoms. The highest BCUT2D eigenvalue weighted by Crippen LogP contribution is 2.71. The van der Waals surface area contributed by atoms with Crippen LogP contribution in [0.1, 0.15) is 65.2 Å². The van der Waals surface area contributed by atoms with Crippen molar-refractivity contribution in [3.8, 4) is 0 Å². The van der Waals surface area contributed by atoms with E-state index in [0.717, 1.165) is 32.1 Å². The Morgan fingerprint density at radius 3 is 2.46 bits per heavy atom. The Labute approximate surface area is 143 Å². The number of fused-ring (bicyclic) bond motifs is 3. The Kier molecular flexibility index (Phi) is 3.07. The van der Waals surface area contributed by atoms with Gasteiger partial charge in [0.05, 0.1) is 11.0 Å². The lowest BCUT2D eigenvalue weighted by molar-refractivity contribution is -0.187. The smallest absolute Gasteiger partial charge is 0.309 e. The summed E-state index contributed by atoms with van der Waals surface area (Å²) in [7, 11) is 0. The molecule has 2 bridgehead atoms. The highest BCUT2D eigenvalue weighted by molar-refractivity contribution is 6.04. The molecule has 4 saturated carbocycles. The minimum Gasteiger partial charge on any atom is -0.481 e. The van der Waals surface area contributed by atoms with Gasteiger partial charge in [0.1, 0.15) is 0 Å². The van der Waals surface area contributed by atoms with Gasteiger partial charge in [-0.1, -0.05) is 19.9 Å². The van der Waals surface area contributed by atoms with Crippen molar-refractivity contribution in [1.29, 1.82) is 0 Å². The maximum absolute atomic E-state index is 13.1. The van der Waals surface area contributed by atoms with E-state index < -0.39 is 22.4 Å². The van der Waals surface area contributed by atoms with Gasteiger partial charge in [-0.2, -0.15) is 0 Å². The lowest BCUT2D eigenvalue weighted by atomic mass is 9.40. The average Bonchev–Trinajstić information content (AvgIpc) is 2.64. The summed E-state index contributed by atoms with van der Waals surface area (Å²) in [5.41, 5.74) is -1.93. The Morgan fingerprint density at radius 2 is 1.79 bits per heavy atom. The van der Waals surface area contributed by atoms with Crippen LogP contribution < -0.4 is 0 Å². The maximum Gasteiger partial charge on any atom is 0.309 e. The molecule has 0 aromatic rings. The van der Waals surface area contributed by atoms with Crippen LogP contribution in [0.2, 0.25) is 0 Å². The third-order valence-corrected chi connectivity index (χ3v) is 8.55. The Morgan fingerprint density at radius 1 is 1.12 bits per heavy atom. The van der Waals surface area contributed by atoms with Crippen LogP contribution >= 0.6 is 0 Å².